The molecule has 0 bridgehead atoms. The van der Waals surface area contributed by atoms with Crippen molar-refractivity contribution in [2.75, 3.05) is 0 Å². The first-order valence-corrected chi connectivity index (χ1v) is 10.1. The molecule has 132 valence electrons. The van der Waals surface area contributed by atoms with Gasteiger partial charge in [0.15, 0.2) is 0 Å². The maximum absolute atomic E-state index is 2.43. The van der Waals surface area contributed by atoms with E-state index in [1.54, 1.807) is 22.3 Å². The van der Waals surface area contributed by atoms with Crippen molar-refractivity contribution in [2.24, 2.45) is 0 Å². The Hall–Kier alpha value is -1.82. The normalized spacial score (nSPS) is 21.4. The lowest BCUT2D eigenvalue weighted by atomic mass is 9.78. The van der Waals surface area contributed by atoms with Crippen LogP contribution in [0.3, 0.4) is 0 Å². The van der Waals surface area contributed by atoms with Crippen LogP contribution in [0.15, 0.2) is 76.9 Å². The summed E-state index contributed by atoms with van der Waals surface area (Å²) in [6.07, 6.45) is 19.4. The molecular weight excluding hydrogens is 300 g/mol. The third-order valence-corrected chi connectivity index (χ3v) is 5.63. The lowest BCUT2D eigenvalue weighted by molar-refractivity contribution is 0.742. The van der Waals surface area contributed by atoms with Crippen molar-refractivity contribution < 1.29 is 0 Å². The Morgan fingerprint density at radius 2 is 1.68 bits per heavy atom. The third-order valence-electron chi connectivity index (χ3n) is 5.63. The quantitative estimate of drug-likeness (QED) is 0.485. The van der Waals surface area contributed by atoms with Crippen LogP contribution < -0.4 is 0 Å². The van der Waals surface area contributed by atoms with Crippen molar-refractivity contribution in [1.82, 2.24) is 0 Å². The van der Waals surface area contributed by atoms with Gasteiger partial charge in [-0.2, -0.15) is 0 Å². The van der Waals surface area contributed by atoms with E-state index < -0.39 is 0 Å². The fourth-order valence-corrected chi connectivity index (χ4v) is 4.32. The second-order valence-corrected chi connectivity index (χ2v) is 7.32. The van der Waals surface area contributed by atoms with Crippen LogP contribution in [0.2, 0.25) is 0 Å². The molecule has 0 spiro atoms. The van der Waals surface area contributed by atoms with Gasteiger partial charge in [-0.25, -0.2) is 0 Å². The van der Waals surface area contributed by atoms with E-state index in [1.807, 2.05) is 0 Å². The zero-order valence-corrected chi connectivity index (χ0v) is 15.9. The van der Waals surface area contributed by atoms with Crippen molar-refractivity contribution in [1.29, 1.82) is 0 Å². The molecule has 1 aromatic rings. The minimum atomic E-state index is 0.530. The Morgan fingerprint density at radius 3 is 2.40 bits per heavy atom. The molecule has 0 aliphatic heterocycles. The van der Waals surface area contributed by atoms with Crippen molar-refractivity contribution in [3.8, 4) is 0 Å². The third kappa shape index (κ3) is 4.42. The van der Waals surface area contributed by atoms with Crippen LogP contribution in [0.25, 0.3) is 0 Å². The summed E-state index contributed by atoms with van der Waals surface area (Å²) in [5.41, 5.74) is 8.12. The highest BCUT2D eigenvalue weighted by Crippen LogP contribution is 2.40. The largest absolute Gasteiger partial charge is 0.0882 e. The van der Waals surface area contributed by atoms with Gasteiger partial charge in [0.2, 0.25) is 0 Å². The van der Waals surface area contributed by atoms with E-state index in [2.05, 4.69) is 68.5 Å². The molecule has 0 radical (unpaired) electrons. The summed E-state index contributed by atoms with van der Waals surface area (Å²) >= 11 is 0. The second kappa shape index (κ2) is 9.04. The maximum Gasteiger partial charge on any atom is 0.00618 e. The van der Waals surface area contributed by atoms with Crippen LogP contribution in [0, 0.1) is 0 Å². The van der Waals surface area contributed by atoms with Gasteiger partial charge in [0.05, 0.1) is 0 Å². The molecule has 3 rings (SSSR count). The molecule has 2 aliphatic carbocycles. The van der Waals surface area contributed by atoms with Crippen LogP contribution in [-0.4, -0.2) is 0 Å². The summed E-state index contributed by atoms with van der Waals surface area (Å²) in [6.45, 7) is 4.63. The summed E-state index contributed by atoms with van der Waals surface area (Å²) in [4.78, 5) is 0. The fraction of sp³-hybridized carbons (Fsp3) is 0.440. The number of rotatable bonds is 5. The molecule has 1 atom stereocenters. The van der Waals surface area contributed by atoms with Gasteiger partial charge in [-0.3, -0.25) is 0 Å². The molecule has 0 heteroatoms. The first-order valence-electron chi connectivity index (χ1n) is 10.1. The van der Waals surface area contributed by atoms with Gasteiger partial charge in [-0.05, 0) is 67.2 Å². The van der Waals surface area contributed by atoms with Gasteiger partial charge in [0.25, 0.3) is 0 Å². The zero-order chi connectivity index (χ0) is 17.5. The molecule has 0 heterocycles. The van der Waals surface area contributed by atoms with Gasteiger partial charge in [-0.1, -0.05) is 80.5 Å². The second-order valence-electron chi connectivity index (χ2n) is 7.32. The molecule has 0 amide bonds. The maximum atomic E-state index is 2.43. The predicted octanol–water partition coefficient (Wildman–Crippen LogP) is 7.66. The van der Waals surface area contributed by atoms with Crippen LogP contribution in [-0.2, 0) is 0 Å². The van der Waals surface area contributed by atoms with Crippen molar-refractivity contribution in [2.45, 2.75) is 71.1 Å². The van der Waals surface area contributed by atoms with Crippen molar-refractivity contribution in [3.63, 3.8) is 0 Å². The van der Waals surface area contributed by atoms with Crippen LogP contribution in [0.1, 0.15) is 76.7 Å². The van der Waals surface area contributed by atoms with Gasteiger partial charge >= 0.3 is 0 Å². The van der Waals surface area contributed by atoms with E-state index in [9.17, 15) is 0 Å². The number of benzene rings is 1. The van der Waals surface area contributed by atoms with Crippen molar-refractivity contribution in [3.05, 3.63) is 82.5 Å². The zero-order valence-electron chi connectivity index (χ0n) is 15.9. The number of hydrogen-bond donors (Lipinski definition) is 0. The fourth-order valence-electron chi connectivity index (χ4n) is 4.32. The average Bonchev–Trinajstić information content (AvgIpc) is 2.64. The van der Waals surface area contributed by atoms with Gasteiger partial charge in [0.1, 0.15) is 0 Å². The van der Waals surface area contributed by atoms with E-state index in [0.717, 1.165) is 6.42 Å². The Morgan fingerprint density at radius 1 is 0.920 bits per heavy atom. The van der Waals surface area contributed by atoms with E-state index in [0.29, 0.717) is 5.92 Å². The molecule has 0 aromatic heterocycles. The SMILES string of the molecule is CCCC1=C(C2=C(CC)C=CC(c3ccccc3)C2)CCC=CCC1. The van der Waals surface area contributed by atoms with E-state index in [-0.39, 0.29) is 0 Å². The van der Waals surface area contributed by atoms with E-state index in [4.69, 9.17) is 0 Å². The molecule has 0 fully saturated rings. The van der Waals surface area contributed by atoms with Crippen LogP contribution in [0.5, 0.6) is 0 Å². The molecule has 1 unspecified atom stereocenters. The van der Waals surface area contributed by atoms with Crippen LogP contribution >= 0.6 is 0 Å². The summed E-state index contributed by atoms with van der Waals surface area (Å²) in [7, 11) is 0. The molecule has 0 saturated heterocycles. The summed E-state index contributed by atoms with van der Waals surface area (Å²) in [5, 5.41) is 0. The lowest BCUT2D eigenvalue weighted by Crippen LogP contribution is -2.09. The molecule has 25 heavy (non-hydrogen) atoms. The summed E-state index contributed by atoms with van der Waals surface area (Å²) < 4.78 is 0. The average molecular weight is 333 g/mol. The van der Waals surface area contributed by atoms with Gasteiger partial charge in [-0.15, -0.1) is 0 Å². The van der Waals surface area contributed by atoms with Gasteiger partial charge in [0, 0.05) is 5.92 Å². The number of hydrogen-bond acceptors (Lipinski definition) is 0. The Bertz CT molecular complexity index is 682. The first-order chi connectivity index (χ1) is 12.3. The standard InChI is InChI=1S/C25H32/c1-3-12-22-15-8-5-6-11-16-24(22)25-19-23(18-17-20(25)4-2)21-13-9-7-10-14-21/h5-7,9-10,13-14,17-18,23H,3-4,8,11-12,15-16,19H2,1-2H3. The van der Waals surface area contributed by atoms with E-state index in [1.165, 1.54) is 50.5 Å². The molecular formula is C25H32. The highest BCUT2D eigenvalue weighted by Gasteiger charge is 2.22. The topological polar surface area (TPSA) is 0 Å². The Labute approximate surface area is 154 Å². The molecule has 0 nitrogen and oxygen atoms in total. The lowest BCUT2D eigenvalue weighted by Gasteiger charge is -2.27. The minimum Gasteiger partial charge on any atom is -0.0882 e. The van der Waals surface area contributed by atoms with E-state index >= 15 is 0 Å². The Balaban J connectivity index is 1.96. The van der Waals surface area contributed by atoms with Crippen molar-refractivity contribution >= 4 is 0 Å². The number of allylic oxidation sites excluding steroid dienone is 8. The monoisotopic (exact) mass is 332 g/mol. The Kier molecular flexibility index (Phi) is 6.50. The predicted molar refractivity (Wildman–Crippen MR) is 110 cm³/mol. The highest BCUT2D eigenvalue weighted by molar-refractivity contribution is 5.48. The smallest absolute Gasteiger partial charge is 0.00618 e. The molecule has 2 aliphatic rings. The first kappa shape index (κ1) is 18.0. The molecule has 0 saturated carbocycles. The molecule has 0 N–H and O–H groups in total. The minimum absolute atomic E-state index is 0.530. The molecule has 1 aromatic carbocycles. The van der Waals surface area contributed by atoms with Crippen LogP contribution in [0.4, 0.5) is 0 Å². The summed E-state index contributed by atoms with van der Waals surface area (Å²) in [6, 6.07) is 11.0. The van der Waals surface area contributed by atoms with Gasteiger partial charge < -0.3 is 0 Å². The highest BCUT2D eigenvalue weighted by atomic mass is 14.3. The summed E-state index contributed by atoms with van der Waals surface area (Å²) in [5.74, 6) is 0.530.